The Morgan fingerprint density at radius 2 is 2.27 bits per heavy atom. The molecular formula is C8H16N4O2S. The van der Waals surface area contributed by atoms with E-state index < -0.39 is 15.3 Å². The molecule has 86 valence electrons. The van der Waals surface area contributed by atoms with Crippen molar-refractivity contribution in [2.45, 2.75) is 25.6 Å². The van der Waals surface area contributed by atoms with Crippen LogP contribution in [-0.2, 0) is 16.6 Å². The van der Waals surface area contributed by atoms with Crippen LogP contribution in [0.15, 0.2) is 12.4 Å². The van der Waals surface area contributed by atoms with Crippen molar-refractivity contribution in [3.8, 4) is 0 Å². The first-order valence-electron chi connectivity index (χ1n) is 4.68. The fourth-order valence-electron chi connectivity index (χ4n) is 0.971. The molecule has 0 saturated carbocycles. The Kier molecular flexibility index (Phi) is 3.70. The minimum Gasteiger partial charge on any atom is -0.396 e. The summed E-state index contributed by atoms with van der Waals surface area (Å²) in [6, 6.07) is 0. The SMILES string of the molecule is CC(C)S(=O)(=O)NCCn1cc(N)cn1. The van der Waals surface area contributed by atoms with E-state index in [9.17, 15) is 8.42 Å². The molecule has 0 radical (unpaired) electrons. The minimum absolute atomic E-state index is 0.321. The van der Waals surface area contributed by atoms with Gasteiger partial charge in [-0.1, -0.05) is 0 Å². The van der Waals surface area contributed by atoms with Crippen LogP contribution in [0, 0.1) is 0 Å². The van der Waals surface area contributed by atoms with Crippen molar-refractivity contribution < 1.29 is 8.42 Å². The second-order valence-corrected chi connectivity index (χ2v) is 5.85. The first-order valence-corrected chi connectivity index (χ1v) is 6.23. The molecule has 15 heavy (non-hydrogen) atoms. The first-order chi connectivity index (χ1) is 6.92. The Bertz CT molecular complexity index is 410. The predicted molar refractivity (Wildman–Crippen MR) is 58.7 cm³/mol. The summed E-state index contributed by atoms with van der Waals surface area (Å²) in [5, 5.41) is 3.52. The Labute approximate surface area is 89.5 Å². The maximum Gasteiger partial charge on any atom is 0.213 e. The highest BCUT2D eigenvalue weighted by molar-refractivity contribution is 7.90. The van der Waals surface area contributed by atoms with Crippen LogP contribution in [0.25, 0.3) is 0 Å². The molecule has 0 aliphatic rings. The highest BCUT2D eigenvalue weighted by Gasteiger charge is 2.14. The van der Waals surface area contributed by atoms with Crippen molar-refractivity contribution in [2.24, 2.45) is 0 Å². The third-order valence-corrected chi connectivity index (χ3v) is 3.77. The first kappa shape index (κ1) is 12.0. The zero-order valence-electron chi connectivity index (χ0n) is 8.84. The van der Waals surface area contributed by atoms with Gasteiger partial charge in [0.1, 0.15) is 0 Å². The number of nitrogens with one attached hydrogen (secondary N) is 1. The van der Waals surface area contributed by atoms with E-state index in [2.05, 4.69) is 9.82 Å². The third-order valence-electron chi connectivity index (χ3n) is 1.92. The summed E-state index contributed by atoms with van der Waals surface area (Å²) in [6.07, 6.45) is 3.18. The lowest BCUT2D eigenvalue weighted by Gasteiger charge is -2.09. The van der Waals surface area contributed by atoms with Crippen molar-refractivity contribution in [2.75, 3.05) is 12.3 Å². The predicted octanol–water partition coefficient (Wildman–Crippen LogP) is -0.207. The van der Waals surface area contributed by atoms with Crippen molar-refractivity contribution in [3.05, 3.63) is 12.4 Å². The molecule has 6 nitrogen and oxygen atoms in total. The second-order valence-electron chi connectivity index (χ2n) is 3.52. The van der Waals surface area contributed by atoms with Crippen LogP contribution in [0.4, 0.5) is 5.69 Å². The molecule has 1 aromatic rings. The average molecular weight is 232 g/mol. The fraction of sp³-hybridized carbons (Fsp3) is 0.625. The van der Waals surface area contributed by atoms with Crippen molar-refractivity contribution in [1.29, 1.82) is 0 Å². The largest absolute Gasteiger partial charge is 0.396 e. The van der Waals surface area contributed by atoms with Gasteiger partial charge in [-0.2, -0.15) is 5.10 Å². The molecule has 0 spiro atoms. The van der Waals surface area contributed by atoms with Crippen LogP contribution in [0.5, 0.6) is 0 Å². The lowest BCUT2D eigenvalue weighted by Crippen LogP contribution is -2.33. The molecule has 1 heterocycles. The summed E-state index contributed by atoms with van der Waals surface area (Å²) in [7, 11) is -3.18. The van der Waals surface area contributed by atoms with Gasteiger partial charge in [0, 0.05) is 12.7 Å². The molecule has 0 atom stereocenters. The van der Waals surface area contributed by atoms with Gasteiger partial charge in [-0.3, -0.25) is 4.68 Å². The maximum atomic E-state index is 11.4. The van der Waals surface area contributed by atoms with Crippen molar-refractivity contribution in [3.63, 3.8) is 0 Å². The Morgan fingerprint density at radius 3 is 2.73 bits per heavy atom. The lowest BCUT2D eigenvalue weighted by atomic mass is 10.6. The molecule has 1 aromatic heterocycles. The topological polar surface area (TPSA) is 90.0 Å². The number of nitrogens with two attached hydrogens (primary N) is 1. The molecular weight excluding hydrogens is 216 g/mol. The number of sulfonamides is 1. The van der Waals surface area contributed by atoms with Crippen LogP contribution in [0.1, 0.15) is 13.8 Å². The number of nitrogens with zero attached hydrogens (tertiary/aromatic N) is 2. The van der Waals surface area contributed by atoms with Gasteiger partial charge in [-0.05, 0) is 13.8 Å². The molecule has 0 fully saturated rings. The standard InChI is InChI=1S/C8H16N4O2S/c1-7(2)15(13,14)11-3-4-12-6-8(9)5-10-12/h5-7,11H,3-4,9H2,1-2H3. The fourth-order valence-corrected chi connectivity index (χ4v) is 1.68. The minimum atomic E-state index is -3.18. The average Bonchev–Trinajstić information content (AvgIpc) is 2.51. The van der Waals surface area contributed by atoms with Gasteiger partial charge >= 0.3 is 0 Å². The van der Waals surface area contributed by atoms with E-state index in [1.165, 1.54) is 6.20 Å². The Balaban J connectivity index is 2.40. The van der Waals surface area contributed by atoms with Gasteiger partial charge in [-0.25, -0.2) is 13.1 Å². The van der Waals surface area contributed by atoms with E-state index >= 15 is 0 Å². The van der Waals surface area contributed by atoms with Gasteiger partial charge in [-0.15, -0.1) is 0 Å². The van der Waals surface area contributed by atoms with E-state index in [4.69, 9.17) is 5.73 Å². The maximum absolute atomic E-state index is 11.4. The van der Waals surface area contributed by atoms with Gasteiger partial charge < -0.3 is 5.73 Å². The van der Waals surface area contributed by atoms with Crippen LogP contribution in [0.3, 0.4) is 0 Å². The Hall–Kier alpha value is -1.08. The molecule has 0 aliphatic heterocycles. The highest BCUT2D eigenvalue weighted by atomic mass is 32.2. The smallest absolute Gasteiger partial charge is 0.213 e. The second kappa shape index (κ2) is 4.63. The molecule has 0 saturated heterocycles. The van der Waals surface area contributed by atoms with Crippen LogP contribution < -0.4 is 10.5 Å². The van der Waals surface area contributed by atoms with Gasteiger partial charge in [0.15, 0.2) is 0 Å². The molecule has 0 aliphatic carbocycles. The van der Waals surface area contributed by atoms with Crippen molar-refractivity contribution in [1.82, 2.24) is 14.5 Å². The molecule has 0 unspecified atom stereocenters. The van der Waals surface area contributed by atoms with E-state index in [-0.39, 0.29) is 0 Å². The monoisotopic (exact) mass is 232 g/mol. The normalized spacial score (nSPS) is 12.2. The molecule has 7 heteroatoms. The number of hydrogen-bond acceptors (Lipinski definition) is 4. The molecule has 1 rings (SSSR count). The quantitative estimate of drug-likeness (QED) is 0.735. The zero-order chi connectivity index (χ0) is 11.5. The van der Waals surface area contributed by atoms with Crippen LogP contribution in [0.2, 0.25) is 0 Å². The van der Waals surface area contributed by atoms with Gasteiger partial charge in [0.25, 0.3) is 0 Å². The third kappa shape index (κ3) is 3.52. The van der Waals surface area contributed by atoms with Gasteiger partial charge in [0.2, 0.25) is 10.0 Å². The van der Waals surface area contributed by atoms with Crippen LogP contribution >= 0.6 is 0 Å². The van der Waals surface area contributed by atoms with E-state index in [1.54, 1.807) is 24.7 Å². The number of hydrogen-bond donors (Lipinski definition) is 2. The summed E-state index contributed by atoms with van der Waals surface area (Å²) in [4.78, 5) is 0. The van der Waals surface area contributed by atoms with Crippen LogP contribution in [-0.4, -0.2) is 30.0 Å². The molecule has 0 amide bonds. The van der Waals surface area contributed by atoms with E-state index in [0.29, 0.717) is 18.8 Å². The molecule has 3 N–H and O–H groups in total. The number of rotatable bonds is 5. The summed E-state index contributed by atoms with van der Waals surface area (Å²) in [5.74, 6) is 0. The molecule has 0 aromatic carbocycles. The summed E-state index contributed by atoms with van der Waals surface area (Å²) in [5.41, 5.74) is 6.03. The highest BCUT2D eigenvalue weighted by Crippen LogP contribution is 1.98. The number of nitrogen functional groups attached to an aromatic ring is 1. The summed E-state index contributed by atoms with van der Waals surface area (Å²) >= 11 is 0. The van der Waals surface area contributed by atoms with E-state index in [0.717, 1.165) is 0 Å². The summed E-state index contributed by atoms with van der Waals surface area (Å²) in [6.45, 7) is 4.06. The summed E-state index contributed by atoms with van der Waals surface area (Å²) < 4.78 is 26.8. The van der Waals surface area contributed by atoms with E-state index in [1.807, 2.05) is 0 Å². The molecule has 0 bridgehead atoms. The Morgan fingerprint density at radius 1 is 1.60 bits per heavy atom. The number of aromatic nitrogens is 2. The van der Waals surface area contributed by atoms with Crippen molar-refractivity contribution >= 4 is 15.7 Å². The zero-order valence-corrected chi connectivity index (χ0v) is 9.66. The number of anilines is 1. The van der Waals surface area contributed by atoms with Gasteiger partial charge in [0.05, 0.1) is 23.7 Å². The lowest BCUT2D eigenvalue weighted by molar-refractivity contribution is 0.554.